The quantitative estimate of drug-likeness (QED) is 0.122. The summed E-state index contributed by atoms with van der Waals surface area (Å²) in [7, 11) is 0. The van der Waals surface area contributed by atoms with Gasteiger partial charge in [0.25, 0.3) is 0 Å². The van der Waals surface area contributed by atoms with Crippen LogP contribution >= 0.6 is 0 Å². The molecule has 5 heterocycles. The van der Waals surface area contributed by atoms with Gasteiger partial charge in [0.1, 0.15) is 34.6 Å². The summed E-state index contributed by atoms with van der Waals surface area (Å²) >= 11 is 0. The number of hydrogen-bond acceptors (Lipinski definition) is 6. The maximum Gasteiger partial charge on any atom is 0.137 e. The van der Waals surface area contributed by atoms with Crippen molar-refractivity contribution in [2.24, 2.45) is 0 Å². The lowest BCUT2D eigenvalue weighted by Gasteiger charge is -2.16. The van der Waals surface area contributed by atoms with E-state index in [2.05, 4.69) is 146 Å². The highest BCUT2D eigenvalue weighted by atomic mass is 16.5. The topological polar surface area (TPSA) is 79.9 Å². The number of ether oxygens (including phenoxy) is 2. The second kappa shape index (κ2) is 17.1. The Labute approximate surface area is 383 Å². The number of benzene rings is 6. The van der Waals surface area contributed by atoms with Gasteiger partial charge in [-0.25, -0.2) is 19.9 Å². The number of rotatable bonds is 12. The fourth-order valence-corrected chi connectivity index (χ4v) is 9.28. The van der Waals surface area contributed by atoms with Crippen molar-refractivity contribution in [3.63, 3.8) is 0 Å². The Bertz CT molecular complexity index is 3380. The molecule has 322 valence electrons. The SMILES string of the molecule is CCCc1nc(-c2cccc(Oc3ccc4c5ccccc5n(-c5cc(C)ccn5)c4c3)c2)c(CCC)nc1-c1cccc(Oc2ccc3c4ccccc4n(-c4cc(C)ccn4)c3c2)c1. The van der Waals surface area contributed by atoms with E-state index in [0.717, 1.165) is 138 Å². The molecule has 0 aliphatic rings. The summed E-state index contributed by atoms with van der Waals surface area (Å²) in [4.78, 5) is 20.4. The summed E-state index contributed by atoms with van der Waals surface area (Å²) in [6.07, 6.45) is 7.14. The van der Waals surface area contributed by atoms with Crippen molar-refractivity contribution in [1.82, 2.24) is 29.1 Å². The maximum atomic E-state index is 6.66. The van der Waals surface area contributed by atoms with Gasteiger partial charge in [-0.1, -0.05) is 87.4 Å². The highest BCUT2D eigenvalue weighted by Gasteiger charge is 2.20. The molecule has 0 fully saturated rings. The molecule has 0 bridgehead atoms. The molecule has 0 saturated carbocycles. The highest BCUT2D eigenvalue weighted by molar-refractivity contribution is 6.10. The predicted octanol–water partition coefficient (Wildman–Crippen LogP) is 14.9. The maximum absolute atomic E-state index is 6.66. The molecular weight excluding hydrogens is 813 g/mol. The number of nitrogens with zero attached hydrogens (tertiary/aromatic N) is 6. The third kappa shape index (κ3) is 7.50. The summed E-state index contributed by atoms with van der Waals surface area (Å²) in [6.45, 7) is 8.56. The van der Waals surface area contributed by atoms with Gasteiger partial charge in [0.05, 0.1) is 44.8 Å². The lowest BCUT2D eigenvalue weighted by Crippen LogP contribution is -2.06. The first-order valence-electron chi connectivity index (χ1n) is 22.8. The second-order valence-electron chi connectivity index (χ2n) is 17.0. The van der Waals surface area contributed by atoms with Crippen LogP contribution in [0.4, 0.5) is 0 Å². The Morgan fingerprint density at radius 2 is 0.833 bits per heavy atom. The standard InChI is InChI=1S/C58H48N6O2/c1-5-13-49-57(39-15-11-17-41(33-39)65-43-23-25-47-45-19-7-9-21-51(45)63(53(47)35-43)55-31-37(3)27-29-59-55)62-50(14-6-2)58(61-49)40-16-12-18-42(34-40)66-44-24-26-48-46-20-8-10-22-52(46)64(54(48)36-44)56-32-38(4)28-30-60-56/h7-12,15-36H,5-6,13-14H2,1-4H3. The fourth-order valence-electron chi connectivity index (χ4n) is 9.28. The monoisotopic (exact) mass is 860 g/mol. The van der Waals surface area contributed by atoms with Gasteiger partial charge in [-0.05, 0) is 123 Å². The predicted molar refractivity (Wildman–Crippen MR) is 268 cm³/mol. The van der Waals surface area contributed by atoms with Crippen LogP contribution in [0.1, 0.15) is 49.2 Å². The molecule has 0 saturated heterocycles. The zero-order valence-electron chi connectivity index (χ0n) is 37.5. The van der Waals surface area contributed by atoms with Crippen molar-refractivity contribution in [2.75, 3.05) is 0 Å². The van der Waals surface area contributed by atoms with E-state index >= 15 is 0 Å². The molecule has 0 aliphatic heterocycles. The number of aromatic nitrogens is 6. The first kappa shape index (κ1) is 40.7. The minimum Gasteiger partial charge on any atom is -0.457 e. The Balaban J connectivity index is 0.924. The van der Waals surface area contributed by atoms with Crippen LogP contribution in [0.15, 0.2) is 170 Å². The Morgan fingerprint density at radius 3 is 1.27 bits per heavy atom. The van der Waals surface area contributed by atoms with Gasteiger partial charge in [0, 0.05) is 57.2 Å². The molecule has 0 spiro atoms. The number of hydrogen-bond donors (Lipinski definition) is 0. The van der Waals surface area contributed by atoms with Crippen LogP contribution in [0.25, 0.3) is 77.8 Å². The molecule has 0 N–H and O–H groups in total. The molecule has 0 aliphatic carbocycles. The minimum atomic E-state index is 0.729. The van der Waals surface area contributed by atoms with Crippen molar-refractivity contribution >= 4 is 43.6 Å². The van der Waals surface area contributed by atoms with E-state index in [1.807, 2.05) is 60.9 Å². The lowest BCUT2D eigenvalue weighted by molar-refractivity contribution is 0.483. The van der Waals surface area contributed by atoms with E-state index < -0.39 is 0 Å². The Kier molecular flexibility index (Phi) is 10.5. The minimum absolute atomic E-state index is 0.729. The Hall–Kier alpha value is -8.10. The van der Waals surface area contributed by atoms with Crippen molar-refractivity contribution in [1.29, 1.82) is 0 Å². The second-order valence-corrected chi connectivity index (χ2v) is 17.0. The molecule has 8 heteroatoms. The number of fused-ring (bicyclic) bond motifs is 6. The van der Waals surface area contributed by atoms with Crippen LogP contribution in [-0.2, 0) is 12.8 Å². The van der Waals surface area contributed by atoms with E-state index in [1.165, 1.54) is 10.8 Å². The molecule has 0 radical (unpaired) electrons. The van der Waals surface area contributed by atoms with E-state index in [9.17, 15) is 0 Å². The third-order valence-electron chi connectivity index (χ3n) is 12.3. The van der Waals surface area contributed by atoms with Crippen molar-refractivity contribution < 1.29 is 9.47 Å². The molecule has 11 rings (SSSR count). The largest absolute Gasteiger partial charge is 0.457 e. The van der Waals surface area contributed by atoms with Crippen LogP contribution in [0, 0.1) is 13.8 Å². The summed E-state index contributed by atoms with van der Waals surface area (Å²) in [5, 5.41) is 4.64. The summed E-state index contributed by atoms with van der Waals surface area (Å²) in [5.41, 5.74) is 12.2. The molecule has 0 unspecified atom stereocenters. The van der Waals surface area contributed by atoms with Gasteiger partial charge >= 0.3 is 0 Å². The zero-order valence-corrected chi connectivity index (χ0v) is 37.5. The van der Waals surface area contributed by atoms with Gasteiger partial charge in [-0.3, -0.25) is 9.13 Å². The zero-order chi connectivity index (χ0) is 44.7. The molecule has 6 aromatic carbocycles. The first-order chi connectivity index (χ1) is 32.4. The molecule has 11 aromatic rings. The molecule has 66 heavy (non-hydrogen) atoms. The Morgan fingerprint density at radius 1 is 0.409 bits per heavy atom. The van der Waals surface area contributed by atoms with Crippen LogP contribution in [0.5, 0.6) is 23.0 Å². The highest BCUT2D eigenvalue weighted by Crippen LogP contribution is 2.39. The average Bonchev–Trinajstić information content (AvgIpc) is 3.84. The van der Waals surface area contributed by atoms with E-state index in [0.29, 0.717) is 0 Å². The molecule has 8 nitrogen and oxygen atoms in total. The molecule has 0 amide bonds. The van der Waals surface area contributed by atoms with Gasteiger partial charge in [-0.2, -0.15) is 0 Å². The molecule has 5 aromatic heterocycles. The normalized spacial score (nSPS) is 11.6. The van der Waals surface area contributed by atoms with Gasteiger partial charge in [-0.15, -0.1) is 0 Å². The number of aryl methyl sites for hydroxylation is 4. The van der Waals surface area contributed by atoms with Gasteiger partial charge in [0.15, 0.2) is 0 Å². The smallest absolute Gasteiger partial charge is 0.137 e. The van der Waals surface area contributed by atoms with Crippen LogP contribution in [0.2, 0.25) is 0 Å². The van der Waals surface area contributed by atoms with Crippen LogP contribution < -0.4 is 9.47 Å². The molecular formula is C58H48N6O2. The summed E-state index contributed by atoms with van der Waals surface area (Å²) in [6, 6.07) is 54.3. The first-order valence-corrected chi connectivity index (χ1v) is 22.8. The molecule has 0 atom stereocenters. The van der Waals surface area contributed by atoms with E-state index in [-0.39, 0.29) is 0 Å². The van der Waals surface area contributed by atoms with Crippen molar-refractivity contribution in [2.45, 2.75) is 53.4 Å². The fraction of sp³-hybridized carbons (Fsp3) is 0.138. The number of pyridine rings is 2. The number of para-hydroxylation sites is 2. The summed E-state index contributed by atoms with van der Waals surface area (Å²) in [5.74, 6) is 4.70. The van der Waals surface area contributed by atoms with Gasteiger partial charge in [0.2, 0.25) is 0 Å². The summed E-state index contributed by atoms with van der Waals surface area (Å²) < 4.78 is 17.8. The van der Waals surface area contributed by atoms with E-state index in [4.69, 9.17) is 29.4 Å². The lowest BCUT2D eigenvalue weighted by atomic mass is 10.0. The third-order valence-corrected chi connectivity index (χ3v) is 12.3. The van der Waals surface area contributed by atoms with E-state index in [1.54, 1.807) is 0 Å². The van der Waals surface area contributed by atoms with Crippen LogP contribution in [-0.4, -0.2) is 29.1 Å². The van der Waals surface area contributed by atoms with Crippen molar-refractivity contribution in [3.8, 4) is 57.1 Å². The van der Waals surface area contributed by atoms with Crippen LogP contribution in [0.3, 0.4) is 0 Å². The average molecular weight is 861 g/mol. The van der Waals surface area contributed by atoms with Gasteiger partial charge < -0.3 is 9.47 Å². The van der Waals surface area contributed by atoms with Crippen molar-refractivity contribution in [3.05, 3.63) is 193 Å².